The van der Waals surface area contributed by atoms with Crippen molar-refractivity contribution in [2.75, 3.05) is 13.7 Å². The molecule has 90 valence electrons. The van der Waals surface area contributed by atoms with E-state index in [-0.39, 0.29) is 6.10 Å². The summed E-state index contributed by atoms with van der Waals surface area (Å²) in [6.45, 7) is 0.867. The number of pyridine rings is 1. The summed E-state index contributed by atoms with van der Waals surface area (Å²) in [5.74, 6) is 1.62. The van der Waals surface area contributed by atoms with Crippen LogP contribution in [0.15, 0.2) is 18.3 Å². The normalized spacial score (nSPS) is 19.9. The van der Waals surface area contributed by atoms with Crippen LogP contribution < -0.4 is 4.74 Å². The van der Waals surface area contributed by atoms with Crippen LogP contribution in [0.25, 0.3) is 5.65 Å². The minimum atomic E-state index is 0.286. The maximum atomic E-state index is 5.58. The number of nitrogens with zero attached hydrogens (tertiary/aromatic N) is 3. The molecule has 1 aliphatic heterocycles. The minimum absolute atomic E-state index is 0.286. The third kappa shape index (κ3) is 2.10. The molecule has 0 radical (unpaired) electrons. The second kappa shape index (κ2) is 4.33. The summed E-state index contributed by atoms with van der Waals surface area (Å²) in [7, 11) is 1.64. The molecule has 2 aromatic heterocycles. The molecule has 2 aromatic rings. The van der Waals surface area contributed by atoms with Crippen molar-refractivity contribution in [3.8, 4) is 5.75 Å². The number of fused-ring (bicyclic) bond motifs is 1. The van der Waals surface area contributed by atoms with Gasteiger partial charge in [-0.1, -0.05) is 0 Å². The average Bonchev–Trinajstić information content (AvgIpc) is 2.96. The number of rotatable bonds is 3. The zero-order valence-corrected chi connectivity index (χ0v) is 9.80. The highest BCUT2D eigenvalue weighted by atomic mass is 16.5. The van der Waals surface area contributed by atoms with E-state index in [1.165, 1.54) is 0 Å². The predicted molar refractivity (Wildman–Crippen MR) is 62.2 cm³/mol. The second-order valence-electron chi connectivity index (χ2n) is 4.24. The fourth-order valence-corrected chi connectivity index (χ4v) is 2.13. The molecule has 0 saturated carbocycles. The van der Waals surface area contributed by atoms with Crippen LogP contribution in [0.4, 0.5) is 0 Å². The Morgan fingerprint density at radius 2 is 2.47 bits per heavy atom. The van der Waals surface area contributed by atoms with Gasteiger partial charge in [-0.3, -0.25) is 0 Å². The SMILES string of the molecule is COc1ccc2nc(CC3CCCO3)nn2c1. The molecule has 17 heavy (non-hydrogen) atoms. The summed E-state index contributed by atoms with van der Waals surface area (Å²) in [5.41, 5.74) is 0.846. The van der Waals surface area contributed by atoms with E-state index in [1.807, 2.05) is 18.3 Å². The van der Waals surface area contributed by atoms with Crippen LogP contribution in [-0.2, 0) is 11.2 Å². The maximum absolute atomic E-state index is 5.58. The summed E-state index contributed by atoms with van der Waals surface area (Å²) < 4.78 is 12.5. The Bertz CT molecular complexity index is 517. The minimum Gasteiger partial charge on any atom is -0.495 e. The van der Waals surface area contributed by atoms with Crippen LogP contribution in [0.2, 0.25) is 0 Å². The van der Waals surface area contributed by atoms with Crippen LogP contribution in [0, 0.1) is 0 Å². The van der Waals surface area contributed by atoms with E-state index >= 15 is 0 Å². The van der Waals surface area contributed by atoms with Crippen molar-refractivity contribution >= 4 is 5.65 Å². The largest absolute Gasteiger partial charge is 0.495 e. The highest BCUT2D eigenvalue weighted by Gasteiger charge is 2.18. The van der Waals surface area contributed by atoms with Crippen molar-refractivity contribution in [2.45, 2.75) is 25.4 Å². The molecule has 5 nitrogen and oxygen atoms in total. The molecule has 3 heterocycles. The lowest BCUT2D eigenvalue weighted by atomic mass is 10.2. The summed E-state index contributed by atoms with van der Waals surface area (Å²) in [5, 5.41) is 4.43. The highest BCUT2D eigenvalue weighted by Crippen LogP contribution is 2.17. The van der Waals surface area contributed by atoms with Crippen molar-refractivity contribution in [2.24, 2.45) is 0 Å². The van der Waals surface area contributed by atoms with E-state index < -0.39 is 0 Å². The number of methoxy groups -OCH3 is 1. The van der Waals surface area contributed by atoms with Crippen LogP contribution in [-0.4, -0.2) is 34.4 Å². The van der Waals surface area contributed by atoms with Gasteiger partial charge < -0.3 is 9.47 Å². The maximum Gasteiger partial charge on any atom is 0.155 e. The fourth-order valence-electron chi connectivity index (χ4n) is 2.13. The average molecular weight is 233 g/mol. The quantitative estimate of drug-likeness (QED) is 0.805. The monoisotopic (exact) mass is 233 g/mol. The number of aromatic nitrogens is 3. The van der Waals surface area contributed by atoms with Crippen molar-refractivity contribution < 1.29 is 9.47 Å². The second-order valence-corrected chi connectivity index (χ2v) is 4.24. The summed E-state index contributed by atoms with van der Waals surface area (Å²) in [4.78, 5) is 4.47. The van der Waals surface area contributed by atoms with E-state index in [0.29, 0.717) is 0 Å². The molecule has 1 fully saturated rings. The molecule has 0 N–H and O–H groups in total. The Morgan fingerprint density at radius 1 is 1.53 bits per heavy atom. The molecule has 1 aliphatic rings. The van der Waals surface area contributed by atoms with Crippen molar-refractivity contribution in [1.29, 1.82) is 0 Å². The molecular formula is C12H15N3O2. The molecule has 0 aromatic carbocycles. The van der Waals surface area contributed by atoms with Gasteiger partial charge in [0.1, 0.15) is 5.75 Å². The molecule has 1 saturated heterocycles. The van der Waals surface area contributed by atoms with Gasteiger partial charge in [0.25, 0.3) is 0 Å². The van der Waals surface area contributed by atoms with E-state index in [4.69, 9.17) is 9.47 Å². The lowest BCUT2D eigenvalue weighted by Crippen LogP contribution is -2.10. The van der Waals surface area contributed by atoms with Crippen LogP contribution in [0.3, 0.4) is 0 Å². The molecule has 0 amide bonds. The van der Waals surface area contributed by atoms with Gasteiger partial charge in [0.15, 0.2) is 11.5 Å². The molecule has 1 unspecified atom stereocenters. The molecular weight excluding hydrogens is 218 g/mol. The fraction of sp³-hybridized carbons (Fsp3) is 0.500. The zero-order valence-electron chi connectivity index (χ0n) is 9.80. The topological polar surface area (TPSA) is 48.7 Å². The molecule has 0 spiro atoms. The van der Waals surface area contributed by atoms with Crippen LogP contribution >= 0.6 is 0 Å². The molecule has 3 rings (SSSR count). The first-order valence-electron chi connectivity index (χ1n) is 5.86. The number of hydrogen-bond acceptors (Lipinski definition) is 4. The summed E-state index contributed by atoms with van der Waals surface area (Å²) in [6, 6.07) is 3.80. The van der Waals surface area contributed by atoms with Gasteiger partial charge in [-0.2, -0.15) is 5.10 Å². The van der Waals surface area contributed by atoms with Gasteiger partial charge in [0.05, 0.1) is 19.4 Å². The highest BCUT2D eigenvalue weighted by molar-refractivity contribution is 5.40. The van der Waals surface area contributed by atoms with Gasteiger partial charge in [0.2, 0.25) is 0 Å². The first kappa shape index (κ1) is 10.5. The lowest BCUT2D eigenvalue weighted by molar-refractivity contribution is 0.110. The molecule has 1 atom stereocenters. The van der Waals surface area contributed by atoms with E-state index in [9.17, 15) is 0 Å². The number of hydrogen-bond donors (Lipinski definition) is 0. The summed E-state index contributed by atoms with van der Waals surface area (Å²) in [6.07, 6.45) is 5.17. The Labute approximate surface area is 99.4 Å². The third-order valence-electron chi connectivity index (χ3n) is 3.02. The van der Waals surface area contributed by atoms with E-state index in [0.717, 1.165) is 43.1 Å². The van der Waals surface area contributed by atoms with E-state index in [2.05, 4.69) is 10.1 Å². The van der Waals surface area contributed by atoms with Crippen molar-refractivity contribution in [3.05, 3.63) is 24.2 Å². The number of ether oxygens (including phenoxy) is 2. The van der Waals surface area contributed by atoms with Crippen LogP contribution in [0.5, 0.6) is 5.75 Å². The standard InChI is InChI=1S/C12H15N3O2/c1-16-10-4-5-12-13-11(14-15(12)8-10)7-9-3-2-6-17-9/h4-5,8-9H,2-3,6-7H2,1H3. The molecule has 0 aliphatic carbocycles. The lowest BCUT2D eigenvalue weighted by Gasteiger charge is -2.04. The Kier molecular flexibility index (Phi) is 2.68. The summed E-state index contributed by atoms with van der Waals surface area (Å²) >= 11 is 0. The van der Waals surface area contributed by atoms with Gasteiger partial charge in [0, 0.05) is 13.0 Å². The van der Waals surface area contributed by atoms with Gasteiger partial charge >= 0.3 is 0 Å². The first-order chi connectivity index (χ1) is 8.35. The predicted octanol–water partition coefficient (Wildman–Crippen LogP) is 1.46. The van der Waals surface area contributed by atoms with Gasteiger partial charge in [-0.15, -0.1) is 0 Å². The van der Waals surface area contributed by atoms with E-state index in [1.54, 1.807) is 11.6 Å². The molecule has 0 bridgehead atoms. The van der Waals surface area contributed by atoms with Crippen molar-refractivity contribution in [1.82, 2.24) is 14.6 Å². The zero-order chi connectivity index (χ0) is 11.7. The first-order valence-corrected chi connectivity index (χ1v) is 5.86. The van der Waals surface area contributed by atoms with Gasteiger partial charge in [-0.25, -0.2) is 9.50 Å². The Morgan fingerprint density at radius 3 is 3.24 bits per heavy atom. The Hall–Kier alpha value is -1.62. The molecule has 5 heteroatoms. The van der Waals surface area contributed by atoms with Crippen molar-refractivity contribution in [3.63, 3.8) is 0 Å². The third-order valence-corrected chi connectivity index (χ3v) is 3.02. The van der Waals surface area contributed by atoms with Crippen LogP contribution in [0.1, 0.15) is 18.7 Å². The smallest absolute Gasteiger partial charge is 0.155 e. The van der Waals surface area contributed by atoms with Gasteiger partial charge in [-0.05, 0) is 25.0 Å². The Balaban J connectivity index is 1.85.